The summed E-state index contributed by atoms with van der Waals surface area (Å²) in [6.45, 7) is 4.19. The van der Waals surface area contributed by atoms with E-state index in [2.05, 4.69) is 12.2 Å². The molecule has 2 aromatic rings. The average molecular weight is 471 g/mol. The predicted molar refractivity (Wildman–Crippen MR) is 129 cm³/mol. The lowest BCUT2D eigenvalue weighted by molar-refractivity contribution is -0.139. The number of esters is 1. The summed E-state index contributed by atoms with van der Waals surface area (Å²) in [5.74, 6) is -1.62. The number of ether oxygens (including phenoxy) is 1. The van der Waals surface area contributed by atoms with E-state index in [1.165, 1.54) is 4.90 Å². The molecule has 7 heteroatoms. The average Bonchev–Trinajstić information content (AvgIpc) is 3.58. The van der Waals surface area contributed by atoms with Crippen molar-refractivity contribution in [1.82, 2.24) is 0 Å². The fourth-order valence-corrected chi connectivity index (χ4v) is 6.25. The Kier molecular flexibility index (Phi) is 4.91. The van der Waals surface area contributed by atoms with Gasteiger partial charge in [0.05, 0.1) is 23.4 Å². The van der Waals surface area contributed by atoms with Gasteiger partial charge in [-0.15, -0.1) is 0 Å². The molecule has 3 amide bonds. The van der Waals surface area contributed by atoms with E-state index in [0.29, 0.717) is 5.69 Å². The van der Waals surface area contributed by atoms with Gasteiger partial charge in [0.2, 0.25) is 17.7 Å². The summed E-state index contributed by atoms with van der Waals surface area (Å²) in [7, 11) is 0. The lowest BCUT2D eigenvalue weighted by Gasteiger charge is -2.19. The molecule has 2 saturated heterocycles. The Morgan fingerprint density at radius 3 is 2.34 bits per heavy atom. The van der Waals surface area contributed by atoms with Crippen molar-refractivity contribution in [3.8, 4) is 5.75 Å². The van der Waals surface area contributed by atoms with Gasteiger partial charge in [0.25, 0.3) is 0 Å². The summed E-state index contributed by atoms with van der Waals surface area (Å²) in [6.07, 6.45) is 5.07. The minimum Gasteiger partial charge on any atom is -0.426 e. The molecule has 2 aliphatic heterocycles. The number of imide groups is 1. The van der Waals surface area contributed by atoms with Gasteiger partial charge in [-0.3, -0.25) is 19.2 Å². The first-order chi connectivity index (χ1) is 16.8. The lowest BCUT2D eigenvalue weighted by Crippen LogP contribution is -2.32. The number of fused-ring (bicyclic) bond motifs is 5. The molecule has 2 aliphatic carbocycles. The molecule has 2 aromatic carbocycles. The van der Waals surface area contributed by atoms with E-state index >= 15 is 0 Å². The van der Waals surface area contributed by atoms with Crippen molar-refractivity contribution in [2.24, 2.45) is 29.6 Å². The molecule has 35 heavy (non-hydrogen) atoms. The lowest BCUT2D eigenvalue weighted by atomic mass is 9.85. The van der Waals surface area contributed by atoms with Crippen LogP contribution in [0.15, 0.2) is 54.6 Å². The maximum Gasteiger partial charge on any atom is 0.316 e. The van der Waals surface area contributed by atoms with Gasteiger partial charge in [-0.25, -0.2) is 4.90 Å². The maximum atomic E-state index is 13.1. The highest BCUT2D eigenvalue weighted by Crippen LogP contribution is 2.53. The van der Waals surface area contributed by atoms with Crippen LogP contribution in [-0.4, -0.2) is 30.2 Å². The normalized spacial score (nSPS) is 28.9. The molecule has 7 nitrogen and oxygen atoms in total. The largest absolute Gasteiger partial charge is 0.426 e. The second kappa shape index (κ2) is 7.90. The highest BCUT2D eigenvalue weighted by molar-refractivity contribution is 6.22. The number of aryl methyl sites for hydroxylation is 2. The van der Waals surface area contributed by atoms with Crippen molar-refractivity contribution in [3.05, 3.63) is 65.7 Å². The van der Waals surface area contributed by atoms with Crippen LogP contribution in [0.2, 0.25) is 0 Å². The fourth-order valence-electron chi connectivity index (χ4n) is 6.25. The van der Waals surface area contributed by atoms with Crippen LogP contribution in [0.25, 0.3) is 0 Å². The van der Waals surface area contributed by atoms with Crippen LogP contribution in [0, 0.1) is 43.4 Å². The zero-order valence-electron chi connectivity index (χ0n) is 19.6. The van der Waals surface area contributed by atoms with Gasteiger partial charge < -0.3 is 9.64 Å². The molecule has 178 valence electrons. The Hall–Kier alpha value is -3.74. The summed E-state index contributed by atoms with van der Waals surface area (Å²) in [4.78, 5) is 54.7. The second-order valence-electron chi connectivity index (χ2n) is 10.1. The second-order valence-corrected chi connectivity index (χ2v) is 10.1. The molecular formula is C28H26N2O5. The van der Waals surface area contributed by atoms with Crippen LogP contribution in [0.4, 0.5) is 11.4 Å². The third kappa shape index (κ3) is 3.40. The van der Waals surface area contributed by atoms with Crippen LogP contribution in [-0.2, 0) is 19.2 Å². The van der Waals surface area contributed by atoms with Crippen molar-refractivity contribution >= 4 is 35.1 Å². The van der Waals surface area contributed by atoms with Crippen LogP contribution < -0.4 is 14.5 Å². The molecule has 0 aromatic heterocycles. The Balaban J connectivity index is 1.17. The van der Waals surface area contributed by atoms with Crippen molar-refractivity contribution in [2.75, 3.05) is 16.3 Å². The van der Waals surface area contributed by atoms with E-state index in [-0.39, 0.29) is 60.1 Å². The highest BCUT2D eigenvalue weighted by Gasteiger charge is 2.59. The number of anilines is 2. The van der Waals surface area contributed by atoms with Gasteiger partial charge in [0.1, 0.15) is 5.75 Å². The molecule has 0 spiro atoms. The molecule has 2 heterocycles. The van der Waals surface area contributed by atoms with Crippen molar-refractivity contribution in [3.63, 3.8) is 0 Å². The van der Waals surface area contributed by atoms with E-state index in [0.717, 1.165) is 23.2 Å². The van der Waals surface area contributed by atoms with E-state index in [1.54, 1.807) is 29.2 Å². The van der Waals surface area contributed by atoms with E-state index in [9.17, 15) is 19.2 Å². The van der Waals surface area contributed by atoms with Gasteiger partial charge >= 0.3 is 5.97 Å². The van der Waals surface area contributed by atoms with E-state index in [1.807, 2.05) is 32.0 Å². The predicted octanol–water partition coefficient (Wildman–Crippen LogP) is 3.57. The number of benzene rings is 2. The summed E-state index contributed by atoms with van der Waals surface area (Å²) in [5.41, 5.74) is 3.31. The summed E-state index contributed by atoms with van der Waals surface area (Å²) in [6, 6.07) is 12.4. The number of nitrogens with zero attached hydrogens (tertiary/aromatic N) is 2. The number of carbonyl (C=O) groups excluding carboxylic acids is 4. The third-order valence-corrected chi connectivity index (χ3v) is 7.87. The van der Waals surface area contributed by atoms with Crippen LogP contribution in [0.3, 0.4) is 0 Å². The van der Waals surface area contributed by atoms with E-state index < -0.39 is 11.9 Å². The summed E-state index contributed by atoms with van der Waals surface area (Å²) >= 11 is 0. The fraction of sp³-hybridized carbons (Fsp3) is 0.357. The summed E-state index contributed by atoms with van der Waals surface area (Å²) in [5, 5.41) is 0. The molecule has 0 radical (unpaired) electrons. The highest BCUT2D eigenvalue weighted by atomic mass is 16.5. The van der Waals surface area contributed by atoms with Crippen LogP contribution >= 0.6 is 0 Å². The minimum atomic E-state index is -0.594. The van der Waals surface area contributed by atoms with Crippen molar-refractivity contribution in [1.29, 1.82) is 0 Å². The topological polar surface area (TPSA) is 84.0 Å². The molecule has 6 rings (SSSR count). The first-order valence-corrected chi connectivity index (χ1v) is 12.1. The molecule has 5 atom stereocenters. The van der Waals surface area contributed by atoms with Gasteiger partial charge in [0.15, 0.2) is 0 Å². The molecule has 0 N–H and O–H groups in total. The van der Waals surface area contributed by atoms with Gasteiger partial charge in [-0.05, 0) is 55.9 Å². The molecule has 0 unspecified atom stereocenters. The SMILES string of the molecule is Cc1ccc(N2C[C@H](C(=O)Oc3cccc(N4C(=O)[C@@H]5[C@@H](C4=O)[C@H]4C=C[C@H]5C4)c3)CC2=O)c(C)c1. The Morgan fingerprint density at radius 1 is 0.943 bits per heavy atom. The standard InChI is InChI=1S/C28H26N2O5/c1-15-6-9-22(16(2)10-15)29-14-19(12-23(29)31)28(34)35-21-5-3-4-20(13-21)30-26(32)24-17-7-8-18(11-17)25(24)27(30)33/h3-10,13,17-19,24-25H,11-12,14H2,1-2H3/t17-,18-,19+,24-,25-/m0/s1. The zero-order valence-corrected chi connectivity index (χ0v) is 19.6. The van der Waals surface area contributed by atoms with Crippen molar-refractivity contribution in [2.45, 2.75) is 26.7 Å². The molecule has 1 saturated carbocycles. The first kappa shape index (κ1) is 21.8. The van der Waals surface area contributed by atoms with Gasteiger partial charge in [0, 0.05) is 24.7 Å². The maximum absolute atomic E-state index is 13.1. The number of carbonyl (C=O) groups is 4. The smallest absolute Gasteiger partial charge is 0.316 e. The molecule has 4 aliphatic rings. The number of hydrogen-bond donors (Lipinski definition) is 0. The Labute approximate surface area is 203 Å². The number of allylic oxidation sites excluding steroid dienone is 2. The molecular weight excluding hydrogens is 444 g/mol. The van der Waals surface area contributed by atoms with Crippen LogP contribution in [0.1, 0.15) is 24.0 Å². The van der Waals surface area contributed by atoms with Gasteiger partial charge in [-0.2, -0.15) is 0 Å². The molecule has 2 bridgehead atoms. The molecule has 3 fully saturated rings. The quantitative estimate of drug-likeness (QED) is 0.295. The van der Waals surface area contributed by atoms with E-state index in [4.69, 9.17) is 4.74 Å². The minimum absolute atomic E-state index is 0.0775. The Morgan fingerprint density at radius 2 is 1.66 bits per heavy atom. The number of rotatable bonds is 4. The number of hydrogen-bond acceptors (Lipinski definition) is 5. The van der Waals surface area contributed by atoms with Crippen LogP contribution in [0.5, 0.6) is 5.75 Å². The third-order valence-electron chi connectivity index (χ3n) is 7.87. The zero-order chi connectivity index (χ0) is 24.4. The monoisotopic (exact) mass is 470 g/mol. The summed E-state index contributed by atoms with van der Waals surface area (Å²) < 4.78 is 5.62. The van der Waals surface area contributed by atoms with Crippen molar-refractivity contribution < 1.29 is 23.9 Å². The first-order valence-electron chi connectivity index (χ1n) is 12.1. The Bertz CT molecular complexity index is 1280. The van der Waals surface area contributed by atoms with Gasteiger partial charge in [-0.1, -0.05) is 35.9 Å². The number of amides is 3.